The maximum atomic E-state index is 15.5. The molecule has 0 aromatic carbocycles. The molecule has 6 rings (SSSR count). The number of pyridine rings is 1. The standard InChI is InChI=1S/C28H37ClF2N6O3/c1-5-19-20-22(21(31)23(29)32-19)33-25(39-15-28-9-6-10-36(28)12-16(30)11-28)34-24(20)35-13-17-7-8-18(14-35)37(17)26(38)40-27(2,3)4/h16-18H,5-15H2,1-4H3/t16-,17?,18?,28+/m1/s1. The van der Waals surface area contributed by atoms with Crippen LogP contribution in [0.5, 0.6) is 6.01 Å². The van der Waals surface area contributed by atoms with Crippen LogP contribution < -0.4 is 9.64 Å². The third-order valence-electron chi connectivity index (χ3n) is 8.73. The zero-order chi connectivity index (χ0) is 28.4. The first-order valence-corrected chi connectivity index (χ1v) is 14.7. The molecule has 0 saturated carbocycles. The highest BCUT2D eigenvalue weighted by Crippen LogP contribution is 2.41. The third kappa shape index (κ3) is 4.82. The molecule has 0 aliphatic carbocycles. The van der Waals surface area contributed by atoms with Gasteiger partial charge in [-0.05, 0) is 59.4 Å². The Morgan fingerprint density at radius 2 is 1.88 bits per heavy atom. The van der Waals surface area contributed by atoms with Gasteiger partial charge < -0.3 is 14.4 Å². The number of amides is 1. The molecule has 6 heterocycles. The molecule has 2 bridgehead atoms. The molecule has 2 aromatic heterocycles. The number of rotatable bonds is 5. The van der Waals surface area contributed by atoms with E-state index in [1.807, 2.05) is 32.6 Å². The summed E-state index contributed by atoms with van der Waals surface area (Å²) in [5.41, 5.74) is -0.313. The van der Waals surface area contributed by atoms with E-state index in [0.29, 0.717) is 49.4 Å². The van der Waals surface area contributed by atoms with Gasteiger partial charge >= 0.3 is 12.1 Å². The summed E-state index contributed by atoms with van der Waals surface area (Å²) in [7, 11) is 0. The van der Waals surface area contributed by atoms with Crippen LogP contribution in [-0.2, 0) is 11.2 Å². The van der Waals surface area contributed by atoms with E-state index in [1.165, 1.54) is 0 Å². The fourth-order valence-corrected chi connectivity index (χ4v) is 7.25. The van der Waals surface area contributed by atoms with Crippen LogP contribution in [0.4, 0.5) is 19.4 Å². The summed E-state index contributed by atoms with van der Waals surface area (Å²) in [4.78, 5) is 32.7. The van der Waals surface area contributed by atoms with E-state index in [9.17, 15) is 9.18 Å². The highest BCUT2D eigenvalue weighted by molar-refractivity contribution is 6.30. The third-order valence-corrected chi connectivity index (χ3v) is 8.98. The minimum atomic E-state index is -0.886. The van der Waals surface area contributed by atoms with Gasteiger partial charge in [-0.2, -0.15) is 9.97 Å². The lowest BCUT2D eigenvalue weighted by Crippen LogP contribution is -2.57. The van der Waals surface area contributed by atoms with E-state index >= 15 is 4.39 Å². The molecular formula is C28H37ClF2N6O3. The quantitative estimate of drug-likeness (QED) is 0.462. The molecule has 9 nitrogen and oxygen atoms in total. The van der Waals surface area contributed by atoms with Crippen LogP contribution in [0, 0.1) is 5.82 Å². The van der Waals surface area contributed by atoms with Crippen LogP contribution in [-0.4, -0.2) is 93.0 Å². The lowest BCUT2D eigenvalue weighted by atomic mass is 9.95. The number of carbonyl (C=O) groups excluding carboxylic acids is 1. The summed E-state index contributed by atoms with van der Waals surface area (Å²) in [6, 6.07) is -0.0932. The van der Waals surface area contributed by atoms with E-state index in [0.717, 1.165) is 32.2 Å². The zero-order valence-corrected chi connectivity index (χ0v) is 24.3. The topological polar surface area (TPSA) is 83.9 Å². The van der Waals surface area contributed by atoms with Gasteiger partial charge in [0.15, 0.2) is 11.0 Å². The van der Waals surface area contributed by atoms with Crippen LogP contribution in [0.25, 0.3) is 10.9 Å². The number of ether oxygens (including phenoxy) is 2. The second-order valence-corrected chi connectivity index (χ2v) is 13.0. The van der Waals surface area contributed by atoms with Gasteiger partial charge in [0.2, 0.25) is 0 Å². The van der Waals surface area contributed by atoms with Crippen molar-refractivity contribution in [2.75, 3.05) is 37.7 Å². The Balaban J connectivity index is 1.35. The van der Waals surface area contributed by atoms with Crippen molar-refractivity contribution in [2.45, 2.75) is 95.6 Å². The number of alkyl halides is 1. The van der Waals surface area contributed by atoms with Gasteiger partial charge in [-0.25, -0.2) is 18.6 Å². The van der Waals surface area contributed by atoms with Crippen molar-refractivity contribution in [3.63, 3.8) is 0 Å². The molecule has 12 heteroatoms. The lowest BCUT2D eigenvalue weighted by molar-refractivity contribution is 0.0122. The Morgan fingerprint density at radius 3 is 2.55 bits per heavy atom. The first kappa shape index (κ1) is 27.6. The molecule has 0 radical (unpaired) electrons. The maximum absolute atomic E-state index is 15.5. The second kappa shape index (κ2) is 10.1. The molecule has 0 spiro atoms. The van der Waals surface area contributed by atoms with Crippen molar-refractivity contribution in [3.05, 3.63) is 16.7 Å². The first-order valence-electron chi connectivity index (χ1n) is 14.3. The van der Waals surface area contributed by atoms with Gasteiger partial charge in [0.1, 0.15) is 29.7 Å². The highest BCUT2D eigenvalue weighted by Gasteiger charge is 2.50. The first-order chi connectivity index (χ1) is 19.0. The van der Waals surface area contributed by atoms with Crippen LogP contribution in [0.3, 0.4) is 0 Å². The zero-order valence-electron chi connectivity index (χ0n) is 23.6. The van der Waals surface area contributed by atoms with E-state index in [1.54, 1.807) is 0 Å². The van der Waals surface area contributed by atoms with Crippen LogP contribution in [0.1, 0.15) is 65.5 Å². The Morgan fingerprint density at radius 1 is 1.15 bits per heavy atom. The van der Waals surface area contributed by atoms with Gasteiger partial charge in [0, 0.05) is 26.1 Å². The van der Waals surface area contributed by atoms with Gasteiger partial charge in [0.05, 0.1) is 28.7 Å². The van der Waals surface area contributed by atoms with Crippen molar-refractivity contribution in [1.29, 1.82) is 0 Å². The summed E-state index contributed by atoms with van der Waals surface area (Å²) in [6.07, 6.45) is 3.23. The summed E-state index contributed by atoms with van der Waals surface area (Å²) in [6.45, 7) is 10.0. The van der Waals surface area contributed by atoms with Crippen molar-refractivity contribution in [1.82, 2.24) is 24.8 Å². The average molecular weight is 579 g/mol. The predicted molar refractivity (Wildman–Crippen MR) is 147 cm³/mol. The fraction of sp³-hybridized carbons (Fsp3) is 0.714. The largest absolute Gasteiger partial charge is 0.461 e. The predicted octanol–water partition coefficient (Wildman–Crippen LogP) is 4.92. The molecule has 4 atom stereocenters. The van der Waals surface area contributed by atoms with E-state index in [-0.39, 0.29) is 47.0 Å². The number of carbonyl (C=O) groups is 1. The molecule has 40 heavy (non-hydrogen) atoms. The van der Waals surface area contributed by atoms with Gasteiger partial charge in [-0.15, -0.1) is 0 Å². The molecule has 2 unspecified atom stereocenters. The molecule has 4 aliphatic heterocycles. The van der Waals surface area contributed by atoms with Crippen LogP contribution >= 0.6 is 11.6 Å². The minimum absolute atomic E-state index is 0.0381. The Bertz CT molecular complexity index is 1310. The number of halogens is 3. The molecule has 0 N–H and O–H groups in total. The number of anilines is 1. The average Bonchev–Trinajstić information content (AvgIpc) is 3.50. The van der Waals surface area contributed by atoms with Gasteiger partial charge in [0.25, 0.3) is 0 Å². The number of hydrogen-bond donors (Lipinski definition) is 0. The number of aromatic nitrogens is 3. The molecular weight excluding hydrogens is 542 g/mol. The van der Waals surface area contributed by atoms with Crippen molar-refractivity contribution < 1.29 is 23.0 Å². The SMILES string of the molecule is CCc1nc(Cl)c(F)c2nc(OC[C@@]34CCCN3C[C@H](F)C4)nc(N3CC4CCC(C3)N4C(=O)OC(C)(C)C)c12. The van der Waals surface area contributed by atoms with Crippen LogP contribution in [0.2, 0.25) is 5.15 Å². The molecule has 4 saturated heterocycles. The second-order valence-electron chi connectivity index (χ2n) is 12.6. The van der Waals surface area contributed by atoms with Crippen LogP contribution in [0.15, 0.2) is 0 Å². The summed E-state index contributed by atoms with van der Waals surface area (Å²) in [5, 5.41) is 0.263. The van der Waals surface area contributed by atoms with Gasteiger partial charge in [-0.1, -0.05) is 18.5 Å². The number of nitrogens with zero attached hydrogens (tertiary/aromatic N) is 6. The van der Waals surface area contributed by atoms with E-state index < -0.39 is 17.6 Å². The van der Waals surface area contributed by atoms with E-state index in [4.69, 9.17) is 26.1 Å². The van der Waals surface area contributed by atoms with Crippen molar-refractivity contribution in [2.24, 2.45) is 0 Å². The Hall–Kier alpha value is -2.53. The van der Waals surface area contributed by atoms with E-state index in [2.05, 4.69) is 19.8 Å². The normalized spacial score (nSPS) is 28.4. The Labute approximate surface area is 238 Å². The maximum Gasteiger partial charge on any atom is 0.410 e. The number of piperazine rings is 1. The molecule has 2 aromatic rings. The number of hydrogen-bond acceptors (Lipinski definition) is 8. The van der Waals surface area contributed by atoms with Crippen molar-refractivity contribution in [3.8, 4) is 6.01 Å². The fourth-order valence-electron chi connectivity index (χ4n) is 7.06. The summed E-state index contributed by atoms with van der Waals surface area (Å²) in [5.74, 6) is -0.195. The number of aryl methyl sites for hydroxylation is 1. The van der Waals surface area contributed by atoms with Gasteiger partial charge in [-0.3, -0.25) is 9.80 Å². The smallest absolute Gasteiger partial charge is 0.410 e. The summed E-state index contributed by atoms with van der Waals surface area (Å²) >= 11 is 6.19. The summed E-state index contributed by atoms with van der Waals surface area (Å²) < 4.78 is 41.6. The monoisotopic (exact) mass is 578 g/mol. The highest BCUT2D eigenvalue weighted by atomic mass is 35.5. The minimum Gasteiger partial charge on any atom is -0.461 e. The molecule has 1 amide bonds. The molecule has 4 fully saturated rings. The Kier molecular flexibility index (Phi) is 6.96. The molecule has 218 valence electrons. The lowest BCUT2D eigenvalue weighted by Gasteiger charge is -2.42. The van der Waals surface area contributed by atoms with Crippen molar-refractivity contribution >= 4 is 34.4 Å². The number of fused-ring (bicyclic) bond motifs is 4. The molecule has 4 aliphatic rings.